The number of nitrogens with zero attached hydrogens (tertiary/aromatic N) is 3. The molecule has 0 aliphatic heterocycles. The maximum atomic E-state index is 5.11. The minimum Gasteiger partial charge on any atom is -0.310 e. The van der Waals surface area contributed by atoms with Crippen LogP contribution in [0.15, 0.2) is 176 Å². The lowest BCUT2D eigenvalue weighted by molar-refractivity contribution is 1.28. The fourth-order valence-corrected chi connectivity index (χ4v) is 6.96. The third kappa shape index (κ3) is 5.22. The van der Waals surface area contributed by atoms with Crippen LogP contribution in [0.5, 0.6) is 0 Å². The van der Waals surface area contributed by atoms with Crippen LogP contribution in [0.1, 0.15) is 0 Å². The second-order valence-corrected chi connectivity index (χ2v) is 11.9. The van der Waals surface area contributed by atoms with Gasteiger partial charge in [0.15, 0.2) is 0 Å². The molecule has 0 N–H and O–H groups in total. The quantitative estimate of drug-likeness (QED) is 0.183. The molecule has 0 radical (unpaired) electrons. The zero-order valence-electron chi connectivity index (χ0n) is 24.5. The van der Waals surface area contributed by atoms with Gasteiger partial charge in [0.05, 0.1) is 15.9 Å². The Morgan fingerprint density at radius 3 is 1.69 bits per heavy atom. The van der Waals surface area contributed by atoms with Crippen LogP contribution in [-0.4, -0.2) is 4.98 Å². The highest BCUT2D eigenvalue weighted by molar-refractivity contribution is 7.21. The fraction of sp³-hybridized carbons (Fsp3) is 0. The van der Waals surface area contributed by atoms with Crippen molar-refractivity contribution in [2.45, 2.75) is 0 Å². The molecule has 0 bridgehead atoms. The number of para-hydroxylation sites is 3. The van der Waals surface area contributed by atoms with Crippen LogP contribution in [0.25, 0.3) is 31.6 Å². The standard InChI is InChI=1S/C41H29N3S/c1-4-17-32(18-5-1)43(33-19-6-2-7-20-33)35-23-12-16-31(28-35)41-42-38-27-26-36(29-40(38)45-41)44(34-21-8-3-9-22-34)39-25-13-15-30-14-10-11-24-37(30)39/h1-29H. The van der Waals surface area contributed by atoms with Crippen LogP contribution in [0.4, 0.5) is 34.1 Å². The molecule has 8 aromatic rings. The Morgan fingerprint density at radius 2 is 0.978 bits per heavy atom. The Hall–Kier alpha value is -5.71. The summed E-state index contributed by atoms with van der Waals surface area (Å²) in [6.07, 6.45) is 0. The fourth-order valence-electron chi connectivity index (χ4n) is 5.96. The Kier molecular flexibility index (Phi) is 7.02. The first-order valence-electron chi connectivity index (χ1n) is 15.1. The zero-order valence-corrected chi connectivity index (χ0v) is 25.3. The highest BCUT2D eigenvalue weighted by atomic mass is 32.1. The summed E-state index contributed by atoms with van der Waals surface area (Å²) in [4.78, 5) is 9.74. The Morgan fingerprint density at radius 1 is 0.422 bits per heavy atom. The first kappa shape index (κ1) is 26.9. The average Bonchev–Trinajstić information content (AvgIpc) is 3.54. The molecule has 0 aliphatic rings. The minimum atomic E-state index is 0.998. The van der Waals surface area contributed by atoms with Crippen molar-refractivity contribution in [2.75, 3.05) is 9.80 Å². The monoisotopic (exact) mass is 595 g/mol. The SMILES string of the molecule is c1ccc(N(c2ccccc2)c2cccc(-c3nc4ccc(N(c5ccccc5)c5cccc6ccccc56)cc4s3)c2)cc1. The Labute approximate surface area is 266 Å². The summed E-state index contributed by atoms with van der Waals surface area (Å²) in [6, 6.07) is 62.0. The van der Waals surface area contributed by atoms with Gasteiger partial charge >= 0.3 is 0 Å². The first-order chi connectivity index (χ1) is 22.3. The van der Waals surface area contributed by atoms with E-state index < -0.39 is 0 Å². The summed E-state index contributed by atoms with van der Waals surface area (Å²) in [7, 11) is 0. The van der Waals surface area contributed by atoms with Crippen molar-refractivity contribution < 1.29 is 0 Å². The van der Waals surface area contributed by atoms with E-state index in [1.807, 2.05) is 0 Å². The summed E-state index contributed by atoms with van der Waals surface area (Å²) in [6.45, 7) is 0. The summed E-state index contributed by atoms with van der Waals surface area (Å²) in [5, 5.41) is 3.44. The second-order valence-electron chi connectivity index (χ2n) is 10.9. The van der Waals surface area contributed by atoms with Crippen LogP contribution >= 0.6 is 11.3 Å². The lowest BCUT2D eigenvalue weighted by Gasteiger charge is -2.26. The summed E-state index contributed by atoms with van der Waals surface area (Å²) >= 11 is 1.73. The Bertz CT molecular complexity index is 2180. The van der Waals surface area contributed by atoms with Gasteiger partial charge in [-0.3, -0.25) is 0 Å². The molecular formula is C41H29N3S. The van der Waals surface area contributed by atoms with Crippen LogP contribution in [0.2, 0.25) is 0 Å². The van der Waals surface area contributed by atoms with Crippen LogP contribution in [0, 0.1) is 0 Å². The third-order valence-corrected chi connectivity index (χ3v) is 9.10. The van der Waals surface area contributed by atoms with Crippen molar-refractivity contribution in [2.24, 2.45) is 0 Å². The minimum absolute atomic E-state index is 0.998. The smallest absolute Gasteiger partial charge is 0.124 e. The van der Waals surface area contributed by atoms with E-state index in [-0.39, 0.29) is 0 Å². The van der Waals surface area contributed by atoms with Crippen molar-refractivity contribution in [3.05, 3.63) is 176 Å². The lowest BCUT2D eigenvalue weighted by Crippen LogP contribution is -2.10. The number of rotatable bonds is 7. The maximum Gasteiger partial charge on any atom is 0.124 e. The van der Waals surface area contributed by atoms with Gasteiger partial charge in [-0.1, -0.05) is 103 Å². The van der Waals surface area contributed by atoms with E-state index in [0.29, 0.717) is 0 Å². The molecule has 214 valence electrons. The van der Waals surface area contributed by atoms with E-state index in [9.17, 15) is 0 Å². The van der Waals surface area contributed by atoms with E-state index in [1.165, 1.54) is 10.8 Å². The lowest BCUT2D eigenvalue weighted by atomic mass is 10.1. The van der Waals surface area contributed by atoms with Gasteiger partial charge in [-0.15, -0.1) is 11.3 Å². The number of hydrogen-bond acceptors (Lipinski definition) is 4. The van der Waals surface area contributed by atoms with E-state index in [1.54, 1.807) is 11.3 Å². The van der Waals surface area contributed by atoms with Crippen molar-refractivity contribution in [1.82, 2.24) is 4.98 Å². The van der Waals surface area contributed by atoms with Crippen molar-refractivity contribution in [3.63, 3.8) is 0 Å². The predicted octanol–water partition coefficient (Wildman–Crippen LogP) is 12.1. The number of anilines is 6. The van der Waals surface area contributed by atoms with Gasteiger partial charge in [-0.05, 0) is 78.2 Å². The van der Waals surface area contributed by atoms with Crippen LogP contribution < -0.4 is 9.80 Å². The third-order valence-electron chi connectivity index (χ3n) is 8.03. The van der Waals surface area contributed by atoms with E-state index in [2.05, 4.69) is 186 Å². The van der Waals surface area contributed by atoms with Gasteiger partial charge in [0.2, 0.25) is 0 Å². The van der Waals surface area contributed by atoms with Gasteiger partial charge < -0.3 is 9.80 Å². The van der Waals surface area contributed by atoms with Crippen LogP contribution in [0.3, 0.4) is 0 Å². The summed E-state index contributed by atoms with van der Waals surface area (Å²) < 4.78 is 1.15. The molecule has 0 saturated carbocycles. The van der Waals surface area contributed by atoms with E-state index in [4.69, 9.17) is 4.98 Å². The number of thiazole rings is 1. The van der Waals surface area contributed by atoms with Gasteiger partial charge in [-0.2, -0.15) is 0 Å². The van der Waals surface area contributed by atoms with Gasteiger partial charge in [0, 0.05) is 39.4 Å². The number of benzene rings is 7. The van der Waals surface area contributed by atoms with E-state index in [0.717, 1.165) is 54.9 Å². The van der Waals surface area contributed by atoms with Gasteiger partial charge in [-0.25, -0.2) is 4.98 Å². The molecule has 0 unspecified atom stereocenters. The molecule has 0 fully saturated rings. The molecule has 7 aromatic carbocycles. The normalized spacial score (nSPS) is 11.1. The van der Waals surface area contributed by atoms with Crippen LogP contribution in [-0.2, 0) is 0 Å². The number of hydrogen-bond donors (Lipinski definition) is 0. The average molecular weight is 596 g/mol. The molecule has 0 atom stereocenters. The number of fused-ring (bicyclic) bond motifs is 2. The second kappa shape index (κ2) is 11.8. The number of aromatic nitrogens is 1. The largest absolute Gasteiger partial charge is 0.310 e. The van der Waals surface area contributed by atoms with Crippen molar-refractivity contribution in [3.8, 4) is 10.6 Å². The molecule has 1 heterocycles. The molecular weight excluding hydrogens is 567 g/mol. The molecule has 0 spiro atoms. The molecule has 0 amide bonds. The Balaban J connectivity index is 1.22. The zero-order chi connectivity index (χ0) is 30.0. The summed E-state index contributed by atoms with van der Waals surface area (Å²) in [5.41, 5.74) is 8.79. The van der Waals surface area contributed by atoms with Crippen molar-refractivity contribution >= 4 is 66.5 Å². The maximum absolute atomic E-state index is 5.11. The highest BCUT2D eigenvalue weighted by Crippen LogP contribution is 2.42. The molecule has 0 saturated heterocycles. The molecule has 1 aromatic heterocycles. The molecule has 4 heteroatoms. The topological polar surface area (TPSA) is 19.4 Å². The highest BCUT2D eigenvalue weighted by Gasteiger charge is 2.18. The summed E-state index contributed by atoms with van der Waals surface area (Å²) in [5.74, 6) is 0. The molecule has 3 nitrogen and oxygen atoms in total. The molecule has 8 rings (SSSR count). The van der Waals surface area contributed by atoms with Gasteiger partial charge in [0.25, 0.3) is 0 Å². The van der Waals surface area contributed by atoms with Gasteiger partial charge in [0.1, 0.15) is 5.01 Å². The molecule has 0 aliphatic carbocycles. The predicted molar refractivity (Wildman–Crippen MR) is 192 cm³/mol. The first-order valence-corrected chi connectivity index (χ1v) is 15.9. The molecule has 45 heavy (non-hydrogen) atoms. The van der Waals surface area contributed by atoms with E-state index >= 15 is 0 Å². The van der Waals surface area contributed by atoms with Crippen molar-refractivity contribution in [1.29, 1.82) is 0 Å².